The fourth-order valence-corrected chi connectivity index (χ4v) is 3.24. The van der Waals surface area contributed by atoms with Crippen LogP contribution in [0.15, 0.2) is 48.5 Å². The highest BCUT2D eigenvalue weighted by Crippen LogP contribution is 2.26. The van der Waals surface area contributed by atoms with Gasteiger partial charge in [0, 0.05) is 12.1 Å². The molecule has 0 fully saturated rings. The van der Waals surface area contributed by atoms with Crippen molar-refractivity contribution in [3.05, 3.63) is 70.9 Å². The summed E-state index contributed by atoms with van der Waals surface area (Å²) in [6.07, 6.45) is 0.756. The van der Waals surface area contributed by atoms with Gasteiger partial charge >= 0.3 is 5.97 Å². The van der Waals surface area contributed by atoms with Crippen molar-refractivity contribution in [1.82, 2.24) is 9.97 Å². The quantitative estimate of drug-likeness (QED) is 0.552. The zero-order valence-corrected chi connectivity index (χ0v) is 17.9. The Hall–Kier alpha value is -3.41. The van der Waals surface area contributed by atoms with Gasteiger partial charge in [0.05, 0.1) is 25.1 Å². The number of benzene rings is 2. The second-order valence-electron chi connectivity index (χ2n) is 6.93. The fraction of sp³-hybridized carbons (Fsp3) is 0.292. The molecule has 0 spiro atoms. The number of nitrogens with zero attached hydrogens (tertiary/aromatic N) is 2. The maximum absolute atomic E-state index is 12.6. The van der Waals surface area contributed by atoms with E-state index in [9.17, 15) is 4.79 Å². The maximum Gasteiger partial charge on any atom is 0.342 e. The number of para-hydroxylation sites is 1. The van der Waals surface area contributed by atoms with Crippen molar-refractivity contribution in [3.63, 3.8) is 0 Å². The van der Waals surface area contributed by atoms with E-state index in [4.69, 9.17) is 9.47 Å². The molecule has 1 N–H and O–H groups in total. The minimum Gasteiger partial charge on any atom is -0.496 e. The Labute approximate surface area is 177 Å². The van der Waals surface area contributed by atoms with Crippen LogP contribution in [0.1, 0.15) is 34.1 Å². The maximum atomic E-state index is 12.6. The SMILES string of the molecule is CCOC(=O)c1c(C)nc(NCCc2ccccc2OC)nc1-c1ccc(C)cc1. The third kappa shape index (κ3) is 4.95. The van der Waals surface area contributed by atoms with Crippen molar-refractivity contribution >= 4 is 11.9 Å². The highest BCUT2D eigenvalue weighted by atomic mass is 16.5. The summed E-state index contributed by atoms with van der Waals surface area (Å²) >= 11 is 0. The van der Waals surface area contributed by atoms with Crippen LogP contribution >= 0.6 is 0 Å². The van der Waals surface area contributed by atoms with Crippen molar-refractivity contribution in [1.29, 1.82) is 0 Å². The van der Waals surface area contributed by atoms with Crippen LogP contribution < -0.4 is 10.1 Å². The number of carbonyl (C=O) groups excluding carboxylic acids is 1. The van der Waals surface area contributed by atoms with Crippen LogP contribution in [0, 0.1) is 13.8 Å². The number of aryl methyl sites for hydroxylation is 2. The molecular weight excluding hydrogens is 378 g/mol. The van der Waals surface area contributed by atoms with E-state index in [2.05, 4.69) is 15.3 Å². The number of hydrogen-bond acceptors (Lipinski definition) is 6. The highest BCUT2D eigenvalue weighted by molar-refractivity contribution is 5.97. The number of methoxy groups -OCH3 is 1. The number of aromatic nitrogens is 2. The van der Waals surface area contributed by atoms with Crippen LogP contribution in [0.4, 0.5) is 5.95 Å². The second-order valence-corrected chi connectivity index (χ2v) is 6.93. The molecule has 2 aromatic carbocycles. The van der Waals surface area contributed by atoms with E-state index in [0.717, 1.165) is 28.9 Å². The van der Waals surface area contributed by atoms with Crippen LogP contribution in [0.3, 0.4) is 0 Å². The van der Waals surface area contributed by atoms with Gasteiger partial charge in [-0.3, -0.25) is 0 Å². The first-order valence-electron chi connectivity index (χ1n) is 10.0. The molecule has 0 saturated carbocycles. The molecule has 0 aliphatic rings. The highest BCUT2D eigenvalue weighted by Gasteiger charge is 2.21. The van der Waals surface area contributed by atoms with E-state index in [1.165, 1.54) is 0 Å². The lowest BCUT2D eigenvalue weighted by molar-refractivity contribution is 0.0525. The van der Waals surface area contributed by atoms with Gasteiger partial charge in [-0.2, -0.15) is 0 Å². The molecule has 0 aliphatic carbocycles. The Morgan fingerprint density at radius 2 is 1.77 bits per heavy atom. The van der Waals surface area contributed by atoms with Crippen molar-refractivity contribution in [3.8, 4) is 17.0 Å². The molecule has 30 heavy (non-hydrogen) atoms. The van der Waals surface area contributed by atoms with Crippen LogP contribution in [0.25, 0.3) is 11.3 Å². The number of carbonyl (C=O) groups is 1. The number of ether oxygens (including phenoxy) is 2. The number of rotatable bonds is 8. The Morgan fingerprint density at radius 1 is 1.03 bits per heavy atom. The molecule has 0 aliphatic heterocycles. The molecule has 6 heteroatoms. The molecule has 0 unspecified atom stereocenters. The Balaban J connectivity index is 1.88. The molecule has 0 radical (unpaired) electrons. The van der Waals surface area contributed by atoms with Crippen LogP contribution in [-0.2, 0) is 11.2 Å². The van der Waals surface area contributed by atoms with E-state index in [0.29, 0.717) is 36.1 Å². The summed E-state index contributed by atoms with van der Waals surface area (Å²) in [6.45, 7) is 6.53. The summed E-state index contributed by atoms with van der Waals surface area (Å²) in [5.74, 6) is 0.923. The zero-order chi connectivity index (χ0) is 21.5. The van der Waals surface area contributed by atoms with Gasteiger partial charge in [-0.25, -0.2) is 14.8 Å². The van der Waals surface area contributed by atoms with Gasteiger partial charge < -0.3 is 14.8 Å². The van der Waals surface area contributed by atoms with Crippen molar-refractivity contribution in [2.75, 3.05) is 25.6 Å². The average molecular weight is 405 g/mol. The summed E-state index contributed by atoms with van der Waals surface area (Å²) in [5.41, 5.74) is 4.64. The molecule has 3 aromatic rings. The lowest BCUT2D eigenvalue weighted by Crippen LogP contribution is -2.15. The van der Waals surface area contributed by atoms with Gasteiger partial charge in [0.15, 0.2) is 0 Å². The first-order chi connectivity index (χ1) is 14.5. The first-order valence-corrected chi connectivity index (χ1v) is 10.0. The van der Waals surface area contributed by atoms with Crippen molar-refractivity contribution in [2.45, 2.75) is 27.2 Å². The molecule has 0 atom stereocenters. The van der Waals surface area contributed by atoms with E-state index in [1.807, 2.05) is 55.5 Å². The third-order valence-corrected chi connectivity index (χ3v) is 4.76. The number of esters is 1. The Morgan fingerprint density at radius 3 is 2.47 bits per heavy atom. The second kappa shape index (κ2) is 9.87. The first kappa shape index (κ1) is 21.3. The van der Waals surface area contributed by atoms with E-state index in [1.54, 1.807) is 21.0 Å². The van der Waals surface area contributed by atoms with Gasteiger partial charge in [-0.05, 0) is 38.8 Å². The van der Waals surface area contributed by atoms with Gasteiger partial charge in [-0.15, -0.1) is 0 Å². The average Bonchev–Trinajstić information content (AvgIpc) is 2.74. The zero-order valence-electron chi connectivity index (χ0n) is 17.9. The minimum absolute atomic E-state index is 0.296. The summed E-state index contributed by atoms with van der Waals surface area (Å²) in [4.78, 5) is 21.7. The lowest BCUT2D eigenvalue weighted by atomic mass is 10.0. The minimum atomic E-state index is -0.411. The predicted octanol–water partition coefficient (Wildman–Crippen LogP) is 4.60. The standard InChI is InChI=1S/C24H27N3O3/c1-5-30-23(28)21-17(3)26-24(27-22(21)19-12-10-16(2)11-13-19)25-15-14-18-8-6-7-9-20(18)29-4/h6-13H,5,14-15H2,1-4H3,(H,25,26,27). The predicted molar refractivity (Wildman–Crippen MR) is 118 cm³/mol. The summed E-state index contributed by atoms with van der Waals surface area (Å²) in [6, 6.07) is 15.8. The van der Waals surface area contributed by atoms with Gasteiger partial charge in [-0.1, -0.05) is 48.0 Å². The number of hydrogen-bond donors (Lipinski definition) is 1. The molecular formula is C24H27N3O3. The normalized spacial score (nSPS) is 10.5. The van der Waals surface area contributed by atoms with Gasteiger partial charge in [0.2, 0.25) is 5.95 Å². The topological polar surface area (TPSA) is 73.3 Å². The largest absolute Gasteiger partial charge is 0.496 e. The number of nitrogens with one attached hydrogen (secondary N) is 1. The Bertz CT molecular complexity index is 1020. The van der Waals surface area contributed by atoms with Gasteiger partial charge in [0.25, 0.3) is 0 Å². The summed E-state index contributed by atoms with van der Waals surface area (Å²) in [7, 11) is 1.67. The molecule has 156 valence electrons. The molecule has 0 amide bonds. The van der Waals surface area contributed by atoms with E-state index >= 15 is 0 Å². The van der Waals surface area contributed by atoms with Crippen LogP contribution in [0.5, 0.6) is 5.75 Å². The van der Waals surface area contributed by atoms with E-state index < -0.39 is 5.97 Å². The fourth-order valence-electron chi connectivity index (χ4n) is 3.24. The van der Waals surface area contributed by atoms with Gasteiger partial charge in [0.1, 0.15) is 11.3 Å². The number of anilines is 1. The Kier molecular flexibility index (Phi) is 7.01. The smallest absolute Gasteiger partial charge is 0.342 e. The lowest BCUT2D eigenvalue weighted by Gasteiger charge is -2.14. The molecule has 0 bridgehead atoms. The van der Waals surface area contributed by atoms with Crippen LogP contribution in [-0.4, -0.2) is 36.2 Å². The molecule has 3 rings (SSSR count). The van der Waals surface area contributed by atoms with Crippen molar-refractivity contribution < 1.29 is 14.3 Å². The molecule has 1 heterocycles. The van der Waals surface area contributed by atoms with Crippen molar-refractivity contribution in [2.24, 2.45) is 0 Å². The third-order valence-electron chi connectivity index (χ3n) is 4.76. The molecule has 0 saturated heterocycles. The van der Waals surface area contributed by atoms with E-state index in [-0.39, 0.29) is 0 Å². The monoisotopic (exact) mass is 405 g/mol. The molecule has 6 nitrogen and oxygen atoms in total. The summed E-state index contributed by atoms with van der Waals surface area (Å²) in [5, 5.41) is 3.28. The summed E-state index contributed by atoms with van der Waals surface area (Å²) < 4.78 is 10.7. The van der Waals surface area contributed by atoms with Crippen LogP contribution in [0.2, 0.25) is 0 Å². The molecule has 1 aromatic heterocycles.